The fourth-order valence-corrected chi connectivity index (χ4v) is 5.19. The predicted molar refractivity (Wildman–Crippen MR) is 166 cm³/mol. The summed E-state index contributed by atoms with van der Waals surface area (Å²) in [6, 6.07) is 49.2. The maximum Gasteiger partial charge on any atom is -0.0253 e. The Balaban J connectivity index is 0.000000288. The summed E-state index contributed by atoms with van der Waals surface area (Å²) in [4.78, 5) is 0. The van der Waals surface area contributed by atoms with Crippen LogP contribution in [-0.2, 0) is 30.7 Å². The minimum Gasteiger partial charge on any atom is -0.214 e. The number of unbranched alkanes of at least 4 members (excludes halogenated alkanes) is 4. The summed E-state index contributed by atoms with van der Waals surface area (Å²) in [7, 11) is 0. The molecule has 0 heterocycles. The van der Waals surface area contributed by atoms with Crippen LogP contribution in [0.2, 0.25) is 0 Å². The zero-order chi connectivity index (χ0) is 27.5. The van der Waals surface area contributed by atoms with Crippen molar-refractivity contribution in [1.29, 1.82) is 0 Å². The first-order valence-electron chi connectivity index (χ1n) is 14.2. The fraction of sp³-hybridized carbons (Fsp3) is 0.211. The SMILES string of the molecule is CCCCCCC.[Cl-].[Cl-].[Zr+2]=[C](c1ccccc1)c1ccccc1.[c-]1cccc2c1Cc1ccccc1-2.c1cc[cH-]c1. The molecule has 0 radical (unpaired) electrons. The standard InChI is InChI=1S/C13H9.C13H10.C7H16.C5H5.2ClH.Zr/c1-3-7-12-10(5-1)9-11-6-2-4-8-13(11)12;1-3-7-12(8-4-1)11-13-9-5-2-6-10-13;1-3-5-7-6-4-2;1-2-4-5-3-1;;;/h1-5,7-8H,9H2;1-10H;3-7H2,1-2H3;1-5H;2*1H;/q-1;;;-1;;;+2/p-2. The molecule has 0 amide bonds. The van der Waals surface area contributed by atoms with E-state index in [1.807, 2.05) is 36.4 Å². The molecule has 0 fully saturated rings. The van der Waals surface area contributed by atoms with Crippen LogP contribution >= 0.6 is 0 Å². The number of fused-ring (bicyclic) bond motifs is 3. The number of hydrogen-bond acceptors (Lipinski definition) is 0. The molecular formula is C38H40Cl2Zr-2. The van der Waals surface area contributed by atoms with Gasteiger partial charge in [-0.3, -0.25) is 0 Å². The molecule has 5 aromatic carbocycles. The van der Waals surface area contributed by atoms with Gasteiger partial charge in [-0.05, 0) is 6.42 Å². The van der Waals surface area contributed by atoms with Crippen molar-refractivity contribution in [3.8, 4) is 11.1 Å². The monoisotopic (exact) mass is 656 g/mol. The number of halogens is 2. The van der Waals surface area contributed by atoms with Gasteiger partial charge in [-0.25, -0.2) is 12.1 Å². The zero-order valence-electron chi connectivity index (χ0n) is 24.2. The summed E-state index contributed by atoms with van der Waals surface area (Å²) in [5.74, 6) is 0. The summed E-state index contributed by atoms with van der Waals surface area (Å²) in [6.07, 6.45) is 8.06. The van der Waals surface area contributed by atoms with Crippen molar-refractivity contribution in [2.75, 3.05) is 0 Å². The van der Waals surface area contributed by atoms with Crippen molar-refractivity contribution in [2.24, 2.45) is 0 Å². The first-order valence-corrected chi connectivity index (χ1v) is 15.4. The van der Waals surface area contributed by atoms with Crippen LogP contribution in [0.25, 0.3) is 11.1 Å². The Morgan fingerprint density at radius 1 is 0.634 bits per heavy atom. The Morgan fingerprint density at radius 3 is 1.66 bits per heavy atom. The third-order valence-corrected chi connectivity index (χ3v) is 7.92. The first-order chi connectivity index (χ1) is 19.2. The molecule has 212 valence electrons. The molecule has 3 heteroatoms. The predicted octanol–water partition coefficient (Wildman–Crippen LogP) is 4.25. The van der Waals surface area contributed by atoms with Crippen molar-refractivity contribution < 1.29 is 49.0 Å². The van der Waals surface area contributed by atoms with Crippen LogP contribution in [0.15, 0.2) is 133 Å². The maximum absolute atomic E-state index is 3.30. The van der Waals surface area contributed by atoms with Gasteiger partial charge in [0.25, 0.3) is 0 Å². The Morgan fingerprint density at radius 2 is 1.15 bits per heavy atom. The number of hydrogen-bond donors (Lipinski definition) is 0. The van der Waals surface area contributed by atoms with Crippen molar-refractivity contribution in [2.45, 2.75) is 52.4 Å². The van der Waals surface area contributed by atoms with E-state index in [0.29, 0.717) is 0 Å². The van der Waals surface area contributed by atoms with E-state index >= 15 is 0 Å². The van der Waals surface area contributed by atoms with E-state index in [4.69, 9.17) is 0 Å². The van der Waals surface area contributed by atoms with Gasteiger partial charge in [-0.1, -0.05) is 81.3 Å². The minimum atomic E-state index is 0. The number of rotatable bonds is 6. The normalized spacial score (nSPS) is 9.85. The molecule has 6 rings (SSSR count). The van der Waals surface area contributed by atoms with Gasteiger partial charge in [0, 0.05) is 0 Å². The molecule has 0 aromatic heterocycles. The Labute approximate surface area is 275 Å². The molecule has 1 aliphatic carbocycles. The maximum atomic E-state index is 3.30. The Bertz CT molecular complexity index is 1220. The third-order valence-electron chi connectivity index (χ3n) is 6.50. The molecular weight excluding hydrogens is 619 g/mol. The van der Waals surface area contributed by atoms with Gasteiger partial charge in [0.05, 0.1) is 0 Å². The molecule has 5 aromatic rings. The molecule has 0 bridgehead atoms. The van der Waals surface area contributed by atoms with Crippen LogP contribution in [0.5, 0.6) is 0 Å². The molecule has 0 spiro atoms. The van der Waals surface area contributed by atoms with Crippen LogP contribution < -0.4 is 24.8 Å². The van der Waals surface area contributed by atoms with E-state index in [9.17, 15) is 0 Å². The quantitative estimate of drug-likeness (QED) is 0.186. The Kier molecular flexibility index (Phi) is 19.8. The van der Waals surface area contributed by atoms with Crippen molar-refractivity contribution in [3.63, 3.8) is 0 Å². The summed E-state index contributed by atoms with van der Waals surface area (Å²) >= 11 is 1.46. The summed E-state index contributed by atoms with van der Waals surface area (Å²) in [5.41, 5.74) is 8.17. The molecule has 0 nitrogen and oxygen atoms in total. The second kappa shape index (κ2) is 22.2. The average molecular weight is 659 g/mol. The molecule has 41 heavy (non-hydrogen) atoms. The van der Waals surface area contributed by atoms with E-state index < -0.39 is 0 Å². The Hall–Kier alpha value is -2.44. The number of benzene rings is 4. The van der Waals surface area contributed by atoms with Crippen molar-refractivity contribution in [3.05, 3.63) is 162 Å². The second-order valence-electron chi connectivity index (χ2n) is 9.53. The first kappa shape index (κ1) is 36.6. The molecule has 0 unspecified atom stereocenters. The van der Waals surface area contributed by atoms with Gasteiger partial charge in [-0.2, -0.15) is 48.0 Å². The van der Waals surface area contributed by atoms with Gasteiger partial charge < -0.3 is 24.8 Å². The fourth-order valence-electron chi connectivity index (χ4n) is 4.37. The van der Waals surface area contributed by atoms with Gasteiger partial charge in [0.2, 0.25) is 0 Å². The van der Waals surface area contributed by atoms with E-state index in [1.165, 1.54) is 92.9 Å². The van der Waals surface area contributed by atoms with Crippen LogP contribution in [0.3, 0.4) is 0 Å². The second-order valence-corrected chi connectivity index (χ2v) is 10.8. The van der Waals surface area contributed by atoms with Crippen LogP contribution in [0.4, 0.5) is 0 Å². The zero-order valence-corrected chi connectivity index (χ0v) is 28.2. The summed E-state index contributed by atoms with van der Waals surface area (Å²) in [5, 5.41) is 0. The van der Waals surface area contributed by atoms with Crippen LogP contribution in [-0.4, -0.2) is 3.21 Å². The van der Waals surface area contributed by atoms with E-state index in [2.05, 4.69) is 117 Å². The minimum absolute atomic E-state index is 0. The molecule has 0 saturated carbocycles. The van der Waals surface area contributed by atoms with Crippen LogP contribution in [0, 0.1) is 6.07 Å². The van der Waals surface area contributed by atoms with E-state index in [1.54, 1.807) is 0 Å². The molecule has 1 aliphatic rings. The van der Waals surface area contributed by atoms with E-state index in [-0.39, 0.29) is 24.8 Å². The largest absolute Gasteiger partial charge is 0.214 e. The van der Waals surface area contributed by atoms with Gasteiger partial charge in [0.1, 0.15) is 0 Å². The van der Waals surface area contributed by atoms with Crippen molar-refractivity contribution in [1.82, 2.24) is 0 Å². The molecule has 0 N–H and O–H groups in total. The topological polar surface area (TPSA) is 0 Å². The molecule has 0 saturated heterocycles. The average Bonchev–Trinajstić information content (AvgIpc) is 3.71. The van der Waals surface area contributed by atoms with Gasteiger partial charge in [-0.15, -0.1) is 5.56 Å². The van der Waals surface area contributed by atoms with Gasteiger partial charge in [0.15, 0.2) is 0 Å². The van der Waals surface area contributed by atoms with E-state index in [0.717, 1.165) is 6.42 Å². The van der Waals surface area contributed by atoms with Gasteiger partial charge >= 0.3 is 99.2 Å². The van der Waals surface area contributed by atoms with Crippen LogP contribution in [0.1, 0.15) is 68.2 Å². The summed E-state index contributed by atoms with van der Waals surface area (Å²) in [6.45, 7) is 4.49. The summed E-state index contributed by atoms with van der Waals surface area (Å²) < 4.78 is 1.42. The molecule has 0 aliphatic heterocycles. The third kappa shape index (κ3) is 13.0. The smallest absolute Gasteiger partial charge is 0.0253 e. The molecule has 0 atom stereocenters. The van der Waals surface area contributed by atoms with Crippen molar-refractivity contribution >= 4 is 3.21 Å².